The lowest BCUT2D eigenvalue weighted by Gasteiger charge is -2.15. The van der Waals surface area contributed by atoms with Crippen LogP contribution in [0.4, 0.5) is 0 Å². The fourth-order valence-electron chi connectivity index (χ4n) is 2.12. The van der Waals surface area contributed by atoms with Crippen molar-refractivity contribution < 1.29 is 4.74 Å². The van der Waals surface area contributed by atoms with E-state index in [-0.39, 0.29) is 6.04 Å². The fourth-order valence-corrected chi connectivity index (χ4v) is 2.12. The highest BCUT2D eigenvalue weighted by molar-refractivity contribution is 5.91. The number of hydrogen-bond acceptors (Lipinski definition) is 2. The Bertz CT molecular complexity index is 507. The van der Waals surface area contributed by atoms with Gasteiger partial charge in [0.05, 0.1) is 6.61 Å². The van der Waals surface area contributed by atoms with Crippen molar-refractivity contribution in [3.8, 4) is 5.75 Å². The molecule has 0 bridgehead atoms. The molecule has 0 fully saturated rings. The van der Waals surface area contributed by atoms with Gasteiger partial charge in [0.1, 0.15) is 5.75 Å². The molecule has 1 atom stereocenters. The maximum absolute atomic E-state index is 6.14. The molecule has 0 saturated heterocycles. The summed E-state index contributed by atoms with van der Waals surface area (Å²) >= 11 is 0. The molecule has 2 aromatic rings. The molecule has 2 rings (SSSR count). The molecule has 0 amide bonds. The van der Waals surface area contributed by atoms with Gasteiger partial charge in [-0.2, -0.15) is 0 Å². The van der Waals surface area contributed by atoms with Crippen molar-refractivity contribution in [1.82, 2.24) is 0 Å². The minimum atomic E-state index is 0.0931. The highest BCUT2D eigenvalue weighted by Gasteiger charge is 2.10. The van der Waals surface area contributed by atoms with Gasteiger partial charge < -0.3 is 10.5 Å². The standard InChI is InChI=1S/C15H19NO/c1-3-14(16)12-9-10-15(17-4-2)13-8-6-5-7-11(12)13/h5-10,14H,3-4,16H2,1-2H3. The van der Waals surface area contributed by atoms with E-state index < -0.39 is 0 Å². The third kappa shape index (κ3) is 2.27. The molecular formula is C15H19NO. The Morgan fingerprint density at radius 1 is 1.06 bits per heavy atom. The Labute approximate surface area is 102 Å². The van der Waals surface area contributed by atoms with Crippen LogP contribution in [0.3, 0.4) is 0 Å². The third-order valence-corrected chi connectivity index (χ3v) is 3.06. The second kappa shape index (κ2) is 5.19. The number of nitrogens with two attached hydrogens (primary N) is 1. The molecule has 0 saturated carbocycles. The van der Waals surface area contributed by atoms with Crippen molar-refractivity contribution in [2.75, 3.05) is 6.61 Å². The van der Waals surface area contributed by atoms with E-state index in [2.05, 4.69) is 25.1 Å². The lowest BCUT2D eigenvalue weighted by atomic mass is 9.97. The molecular weight excluding hydrogens is 210 g/mol. The number of fused-ring (bicyclic) bond motifs is 1. The molecule has 1 unspecified atom stereocenters. The number of benzene rings is 2. The fraction of sp³-hybridized carbons (Fsp3) is 0.333. The minimum Gasteiger partial charge on any atom is -0.493 e. The molecule has 0 aromatic heterocycles. The second-order valence-corrected chi connectivity index (χ2v) is 4.15. The van der Waals surface area contributed by atoms with Gasteiger partial charge in [-0.05, 0) is 30.4 Å². The molecule has 17 heavy (non-hydrogen) atoms. The smallest absolute Gasteiger partial charge is 0.127 e. The van der Waals surface area contributed by atoms with Gasteiger partial charge >= 0.3 is 0 Å². The molecule has 0 aliphatic heterocycles. The van der Waals surface area contributed by atoms with Crippen molar-refractivity contribution >= 4 is 10.8 Å². The summed E-state index contributed by atoms with van der Waals surface area (Å²) in [5, 5.41) is 2.35. The summed E-state index contributed by atoms with van der Waals surface area (Å²) in [5.74, 6) is 0.940. The first-order valence-electron chi connectivity index (χ1n) is 6.18. The van der Waals surface area contributed by atoms with Gasteiger partial charge in [0.25, 0.3) is 0 Å². The zero-order valence-corrected chi connectivity index (χ0v) is 10.4. The van der Waals surface area contributed by atoms with Crippen LogP contribution in [0, 0.1) is 0 Å². The summed E-state index contributed by atoms with van der Waals surface area (Å²) in [6.07, 6.45) is 0.942. The Morgan fingerprint density at radius 3 is 2.41 bits per heavy atom. The van der Waals surface area contributed by atoms with E-state index in [9.17, 15) is 0 Å². The first-order valence-corrected chi connectivity index (χ1v) is 6.18. The van der Waals surface area contributed by atoms with Crippen molar-refractivity contribution in [1.29, 1.82) is 0 Å². The monoisotopic (exact) mass is 229 g/mol. The van der Waals surface area contributed by atoms with Crippen LogP contribution < -0.4 is 10.5 Å². The molecule has 2 N–H and O–H groups in total. The Morgan fingerprint density at radius 2 is 1.76 bits per heavy atom. The van der Waals surface area contributed by atoms with Crippen LogP contribution >= 0.6 is 0 Å². The van der Waals surface area contributed by atoms with Crippen LogP contribution in [-0.4, -0.2) is 6.61 Å². The predicted octanol–water partition coefficient (Wildman–Crippen LogP) is 3.65. The first kappa shape index (κ1) is 11.9. The summed E-state index contributed by atoms with van der Waals surface area (Å²) in [4.78, 5) is 0. The van der Waals surface area contributed by atoms with Gasteiger partial charge in [0, 0.05) is 11.4 Å². The van der Waals surface area contributed by atoms with Gasteiger partial charge in [-0.15, -0.1) is 0 Å². The van der Waals surface area contributed by atoms with Crippen LogP contribution in [0.1, 0.15) is 31.9 Å². The van der Waals surface area contributed by atoms with Crippen LogP contribution in [0.2, 0.25) is 0 Å². The molecule has 2 aromatic carbocycles. The lowest BCUT2D eigenvalue weighted by molar-refractivity contribution is 0.344. The average Bonchev–Trinajstić information content (AvgIpc) is 2.38. The van der Waals surface area contributed by atoms with Crippen molar-refractivity contribution in [2.45, 2.75) is 26.3 Å². The first-order chi connectivity index (χ1) is 8.27. The quantitative estimate of drug-likeness (QED) is 0.868. The van der Waals surface area contributed by atoms with E-state index in [1.807, 2.05) is 25.1 Å². The molecule has 90 valence electrons. The maximum Gasteiger partial charge on any atom is 0.127 e. The normalized spacial score (nSPS) is 12.6. The summed E-state index contributed by atoms with van der Waals surface area (Å²) in [7, 11) is 0. The topological polar surface area (TPSA) is 35.2 Å². The van der Waals surface area contributed by atoms with Gasteiger partial charge in [0.15, 0.2) is 0 Å². The number of hydrogen-bond donors (Lipinski definition) is 1. The molecule has 2 heteroatoms. The Balaban J connectivity index is 2.62. The highest BCUT2D eigenvalue weighted by atomic mass is 16.5. The van der Waals surface area contributed by atoms with Crippen LogP contribution in [0.15, 0.2) is 36.4 Å². The SMILES string of the molecule is CCOc1ccc(C(N)CC)c2ccccc12. The average molecular weight is 229 g/mol. The lowest BCUT2D eigenvalue weighted by Crippen LogP contribution is -2.09. The minimum absolute atomic E-state index is 0.0931. The van der Waals surface area contributed by atoms with Crippen LogP contribution in [-0.2, 0) is 0 Å². The van der Waals surface area contributed by atoms with Gasteiger partial charge in [0.2, 0.25) is 0 Å². The molecule has 0 spiro atoms. The zero-order chi connectivity index (χ0) is 12.3. The Hall–Kier alpha value is -1.54. The van der Waals surface area contributed by atoms with Crippen molar-refractivity contribution in [3.05, 3.63) is 42.0 Å². The largest absolute Gasteiger partial charge is 0.493 e. The van der Waals surface area contributed by atoms with Gasteiger partial charge in [-0.25, -0.2) is 0 Å². The van der Waals surface area contributed by atoms with E-state index in [4.69, 9.17) is 10.5 Å². The number of ether oxygens (including phenoxy) is 1. The van der Waals surface area contributed by atoms with Gasteiger partial charge in [-0.3, -0.25) is 0 Å². The summed E-state index contributed by atoms with van der Waals surface area (Å²) in [6.45, 7) is 4.79. The van der Waals surface area contributed by atoms with E-state index >= 15 is 0 Å². The zero-order valence-electron chi connectivity index (χ0n) is 10.4. The number of rotatable bonds is 4. The highest BCUT2D eigenvalue weighted by Crippen LogP contribution is 2.31. The van der Waals surface area contributed by atoms with E-state index in [1.165, 1.54) is 10.9 Å². The molecule has 0 aliphatic rings. The van der Waals surface area contributed by atoms with E-state index in [0.29, 0.717) is 6.61 Å². The van der Waals surface area contributed by atoms with Crippen LogP contribution in [0.25, 0.3) is 10.8 Å². The predicted molar refractivity (Wildman–Crippen MR) is 72.3 cm³/mol. The molecule has 0 radical (unpaired) electrons. The van der Waals surface area contributed by atoms with Crippen molar-refractivity contribution in [3.63, 3.8) is 0 Å². The maximum atomic E-state index is 6.14. The van der Waals surface area contributed by atoms with Crippen molar-refractivity contribution in [2.24, 2.45) is 5.73 Å². The van der Waals surface area contributed by atoms with E-state index in [0.717, 1.165) is 17.6 Å². The van der Waals surface area contributed by atoms with Gasteiger partial charge in [-0.1, -0.05) is 37.3 Å². The molecule has 2 nitrogen and oxygen atoms in total. The summed E-state index contributed by atoms with van der Waals surface area (Å²) < 4.78 is 5.65. The van der Waals surface area contributed by atoms with E-state index in [1.54, 1.807) is 0 Å². The summed E-state index contributed by atoms with van der Waals surface area (Å²) in [6, 6.07) is 12.5. The molecule has 0 heterocycles. The Kier molecular flexibility index (Phi) is 3.64. The molecule has 0 aliphatic carbocycles. The third-order valence-electron chi connectivity index (χ3n) is 3.06. The summed E-state index contributed by atoms with van der Waals surface area (Å²) in [5.41, 5.74) is 7.34. The second-order valence-electron chi connectivity index (χ2n) is 4.15. The van der Waals surface area contributed by atoms with Crippen LogP contribution in [0.5, 0.6) is 5.75 Å².